The number of benzene rings is 4. The minimum Gasteiger partial charge on any atom is -0.480 e. The fraction of sp³-hybridized carbons (Fsp3) is 0.317. The van der Waals surface area contributed by atoms with Gasteiger partial charge in [0, 0.05) is 35.7 Å². The Morgan fingerprint density at radius 2 is 1.65 bits per heavy atom. The summed E-state index contributed by atoms with van der Waals surface area (Å²) in [5.74, 6) is -1.71. The average Bonchev–Trinajstić information content (AvgIpc) is 3.56. The van der Waals surface area contributed by atoms with E-state index in [-0.39, 0.29) is 37.0 Å². The van der Waals surface area contributed by atoms with Crippen LogP contribution in [0, 0.1) is 17.0 Å². The summed E-state index contributed by atoms with van der Waals surface area (Å²) in [6, 6.07) is 26.8. The number of nitro groups is 1. The number of carboxylic acids is 1. The number of amides is 1. The van der Waals surface area contributed by atoms with Crippen LogP contribution in [0.2, 0.25) is 0 Å². The van der Waals surface area contributed by atoms with Gasteiger partial charge in [0.15, 0.2) is 6.04 Å². The number of para-hydroxylation sites is 1. The van der Waals surface area contributed by atoms with Crippen molar-refractivity contribution in [3.05, 3.63) is 141 Å². The van der Waals surface area contributed by atoms with Gasteiger partial charge in [-0.2, -0.15) is 0 Å². The number of ether oxygens (including phenoxy) is 1. The first-order valence-corrected chi connectivity index (χ1v) is 17.3. The topological polar surface area (TPSA) is 151 Å². The molecule has 1 amide bonds. The normalized spacial score (nSPS) is 15.5. The number of hydrogen-bond acceptors (Lipinski definition) is 8. The van der Waals surface area contributed by atoms with Gasteiger partial charge in [-0.3, -0.25) is 29.6 Å². The van der Waals surface area contributed by atoms with Crippen molar-refractivity contribution < 1.29 is 29.2 Å². The van der Waals surface area contributed by atoms with Crippen LogP contribution in [0.5, 0.6) is 0 Å². The Hall–Kier alpha value is -5.68. The van der Waals surface area contributed by atoms with E-state index in [9.17, 15) is 29.6 Å². The second-order valence-electron chi connectivity index (χ2n) is 14.0. The Morgan fingerprint density at radius 1 is 0.981 bits per heavy atom. The standard InChI is InChI=1S/C41H44N4O7/c1-27-16-21-33(43-39(47)36-15-10-22-44(36)26-31-13-8-9-14-35(31)45(50)51)32(23-27)38(30-11-6-5-7-12-30)42-34(40(48)49)24-28-17-19-29(20-18-28)25-37(46)52-41(2,3)4/h5-9,11-14,16-21,23,34,36H,10,15,22,24-26H2,1-4H3,(H,43,47)(H,48,49)/t34-,36?/m1/s1. The molecule has 1 aliphatic rings. The Labute approximate surface area is 303 Å². The monoisotopic (exact) mass is 704 g/mol. The van der Waals surface area contributed by atoms with Gasteiger partial charge in [-0.1, -0.05) is 84.4 Å². The number of hydrogen-bond donors (Lipinski definition) is 2. The van der Waals surface area contributed by atoms with Crippen molar-refractivity contribution in [2.45, 2.75) is 77.6 Å². The predicted molar refractivity (Wildman–Crippen MR) is 200 cm³/mol. The molecule has 0 bridgehead atoms. The molecule has 0 spiro atoms. The van der Waals surface area contributed by atoms with E-state index in [1.807, 2.05) is 75.1 Å². The number of rotatable bonds is 13. The number of anilines is 1. The second kappa shape index (κ2) is 16.6. The molecule has 270 valence electrons. The van der Waals surface area contributed by atoms with Crippen LogP contribution in [0.15, 0.2) is 102 Å². The number of nitrogens with zero attached hydrogens (tertiary/aromatic N) is 3. The highest BCUT2D eigenvalue weighted by atomic mass is 16.6. The Balaban J connectivity index is 1.42. The third kappa shape index (κ3) is 9.97. The highest BCUT2D eigenvalue weighted by molar-refractivity contribution is 6.18. The molecule has 0 aromatic heterocycles. The summed E-state index contributed by atoms with van der Waals surface area (Å²) in [6.07, 6.45) is 1.54. The van der Waals surface area contributed by atoms with Gasteiger partial charge in [0.1, 0.15) is 5.60 Å². The Bertz CT molecular complexity index is 1950. The highest BCUT2D eigenvalue weighted by Crippen LogP contribution is 2.28. The van der Waals surface area contributed by atoms with Crippen molar-refractivity contribution in [1.29, 1.82) is 0 Å². The summed E-state index contributed by atoms with van der Waals surface area (Å²) in [7, 11) is 0. The van der Waals surface area contributed by atoms with Crippen LogP contribution in [-0.2, 0) is 38.5 Å². The van der Waals surface area contributed by atoms with Crippen LogP contribution >= 0.6 is 0 Å². The van der Waals surface area contributed by atoms with Crippen molar-refractivity contribution in [3.63, 3.8) is 0 Å². The Kier molecular flexibility index (Phi) is 12.0. The molecule has 11 heteroatoms. The molecule has 52 heavy (non-hydrogen) atoms. The minimum absolute atomic E-state index is 0.0165. The number of carbonyl (C=O) groups is 3. The average molecular weight is 705 g/mol. The van der Waals surface area contributed by atoms with E-state index >= 15 is 0 Å². The molecule has 1 fully saturated rings. The summed E-state index contributed by atoms with van der Waals surface area (Å²) in [5.41, 5.74) is 4.48. The first kappa shape index (κ1) is 37.6. The van der Waals surface area contributed by atoms with Crippen LogP contribution in [0.25, 0.3) is 0 Å². The minimum atomic E-state index is -1.16. The second-order valence-corrected chi connectivity index (χ2v) is 14.0. The van der Waals surface area contributed by atoms with Crippen LogP contribution in [-0.4, -0.2) is 62.7 Å². The van der Waals surface area contributed by atoms with Crippen molar-refractivity contribution in [2.75, 3.05) is 11.9 Å². The molecule has 1 saturated heterocycles. The lowest BCUT2D eigenvalue weighted by molar-refractivity contribution is -0.385. The number of aliphatic carboxylic acids is 1. The zero-order chi connectivity index (χ0) is 37.4. The van der Waals surface area contributed by atoms with E-state index in [0.29, 0.717) is 41.1 Å². The van der Waals surface area contributed by atoms with Crippen LogP contribution in [0.1, 0.15) is 67.0 Å². The predicted octanol–water partition coefficient (Wildman–Crippen LogP) is 6.92. The lowest BCUT2D eigenvalue weighted by Gasteiger charge is -2.24. The number of carbonyl (C=O) groups excluding carboxylic acids is 2. The molecule has 1 unspecified atom stereocenters. The third-order valence-corrected chi connectivity index (χ3v) is 8.75. The number of esters is 1. The van der Waals surface area contributed by atoms with E-state index < -0.39 is 28.6 Å². The molecule has 0 saturated carbocycles. The quantitative estimate of drug-likeness (QED) is 0.0659. The van der Waals surface area contributed by atoms with Crippen LogP contribution < -0.4 is 5.32 Å². The largest absolute Gasteiger partial charge is 0.480 e. The molecule has 4 aromatic carbocycles. The first-order valence-electron chi connectivity index (χ1n) is 17.3. The summed E-state index contributed by atoms with van der Waals surface area (Å²) in [5, 5.41) is 25.1. The summed E-state index contributed by atoms with van der Waals surface area (Å²) in [4.78, 5) is 57.0. The van der Waals surface area contributed by atoms with Gasteiger partial charge in [0.2, 0.25) is 5.91 Å². The fourth-order valence-corrected chi connectivity index (χ4v) is 6.33. The fourth-order valence-electron chi connectivity index (χ4n) is 6.33. The van der Waals surface area contributed by atoms with Gasteiger partial charge >= 0.3 is 11.9 Å². The van der Waals surface area contributed by atoms with Gasteiger partial charge in [-0.05, 0) is 70.3 Å². The van der Waals surface area contributed by atoms with Gasteiger partial charge in [-0.25, -0.2) is 4.79 Å². The van der Waals surface area contributed by atoms with Crippen molar-refractivity contribution in [3.8, 4) is 0 Å². The SMILES string of the molecule is Cc1ccc(NC(=O)C2CCCN2Cc2ccccc2[N+](=O)[O-])c(C(=N[C@H](Cc2ccc(CC(=O)OC(C)(C)C)cc2)C(=O)O)c2ccccc2)c1. The first-order chi connectivity index (χ1) is 24.8. The molecule has 2 atom stereocenters. The lowest BCUT2D eigenvalue weighted by Crippen LogP contribution is -2.39. The number of aliphatic imine (C=N–C) groups is 1. The zero-order valence-electron chi connectivity index (χ0n) is 29.9. The molecular formula is C41H44N4O7. The summed E-state index contributed by atoms with van der Waals surface area (Å²) < 4.78 is 5.42. The number of aryl methyl sites for hydroxylation is 1. The smallest absolute Gasteiger partial charge is 0.328 e. The molecule has 1 heterocycles. The Morgan fingerprint density at radius 3 is 2.33 bits per heavy atom. The van der Waals surface area contributed by atoms with Gasteiger partial charge in [-0.15, -0.1) is 0 Å². The van der Waals surface area contributed by atoms with E-state index in [0.717, 1.165) is 23.1 Å². The number of nitrogens with one attached hydrogen (secondary N) is 1. The molecule has 0 aliphatic carbocycles. The number of carboxylic acid groups (broad SMARTS) is 1. The van der Waals surface area contributed by atoms with Crippen molar-refractivity contribution >= 4 is 34.9 Å². The third-order valence-electron chi connectivity index (χ3n) is 8.75. The summed E-state index contributed by atoms with van der Waals surface area (Å²) >= 11 is 0. The maximum atomic E-state index is 13.9. The van der Waals surface area contributed by atoms with Crippen molar-refractivity contribution in [1.82, 2.24) is 4.90 Å². The number of nitro benzene ring substituents is 1. The molecule has 2 N–H and O–H groups in total. The zero-order valence-corrected chi connectivity index (χ0v) is 29.9. The molecular weight excluding hydrogens is 660 g/mol. The van der Waals surface area contributed by atoms with Crippen LogP contribution in [0.4, 0.5) is 11.4 Å². The van der Waals surface area contributed by atoms with E-state index in [4.69, 9.17) is 9.73 Å². The lowest BCUT2D eigenvalue weighted by atomic mass is 9.97. The van der Waals surface area contributed by atoms with Gasteiger partial charge < -0.3 is 15.2 Å². The molecule has 1 aliphatic heterocycles. The molecule has 4 aromatic rings. The van der Waals surface area contributed by atoms with Gasteiger partial charge in [0.25, 0.3) is 5.69 Å². The maximum absolute atomic E-state index is 13.9. The summed E-state index contributed by atoms with van der Waals surface area (Å²) in [6.45, 7) is 8.22. The van der Waals surface area contributed by atoms with E-state index in [1.165, 1.54) is 6.07 Å². The van der Waals surface area contributed by atoms with Crippen LogP contribution in [0.3, 0.4) is 0 Å². The maximum Gasteiger partial charge on any atom is 0.328 e. The molecule has 11 nitrogen and oxygen atoms in total. The number of likely N-dealkylation sites (tertiary alicyclic amines) is 1. The highest BCUT2D eigenvalue weighted by Gasteiger charge is 2.33. The van der Waals surface area contributed by atoms with Gasteiger partial charge in [0.05, 0.1) is 28.8 Å². The molecule has 0 radical (unpaired) electrons. The van der Waals surface area contributed by atoms with E-state index in [1.54, 1.807) is 48.5 Å². The molecule has 5 rings (SSSR count). The van der Waals surface area contributed by atoms with E-state index in [2.05, 4.69) is 5.32 Å². The van der Waals surface area contributed by atoms with Crippen molar-refractivity contribution in [2.24, 2.45) is 4.99 Å².